The van der Waals surface area contributed by atoms with Crippen LogP contribution < -0.4 is 0 Å². The minimum Gasteiger partial charge on any atom is -0.289 e. The van der Waals surface area contributed by atoms with Gasteiger partial charge in [0.05, 0.1) is 0 Å². The molecule has 4 bridgehead atoms. The predicted molar refractivity (Wildman–Crippen MR) is 131 cm³/mol. The van der Waals surface area contributed by atoms with Gasteiger partial charge >= 0.3 is 0 Å². The zero-order valence-corrected chi connectivity index (χ0v) is 17.5. The lowest BCUT2D eigenvalue weighted by Gasteiger charge is -2.03. The van der Waals surface area contributed by atoms with E-state index < -0.39 is 0 Å². The Labute approximate surface area is 188 Å². The number of benzene rings is 4. The summed E-state index contributed by atoms with van der Waals surface area (Å²) in [6.45, 7) is 0. The molecule has 2 heteroatoms. The number of ketones is 2. The van der Waals surface area contributed by atoms with Gasteiger partial charge in [0.1, 0.15) is 0 Å². The first-order valence-corrected chi connectivity index (χ1v) is 10.4. The van der Waals surface area contributed by atoms with Crippen molar-refractivity contribution in [3.05, 3.63) is 144 Å². The van der Waals surface area contributed by atoms with Crippen molar-refractivity contribution in [2.45, 2.75) is 0 Å². The molecule has 0 amide bonds. The maximum atomic E-state index is 11.8. The van der Waals surface area contributed by atoms with Crippen molar-refractivity contribution in [2.75, 3.05) is 0 Å². The summed E-state index contributed by atoms with van der Waals surface area (Å²) in [5.74, 6) is 0.0914. The fourth-order valence-electron chi connectivity index (χ4n) is 3.38. The van der Waals surface area contributed by atoms with Crippen LogP contribution in [0.4, 0.5) is 0 Å². The van der Waals surface area contributed by atoms with Gasteiger partial charge in [0.25, 0.3) is 0 Å². The molecular formula is C30H22O2. The van der Waals surface area contributed by atoms with Crippen molar-refractivity contribution >= 4 is 23.7 Å². The smallest absolute Gasteiger partial charge is 0.185 e. The Hall–Kier alpha value is -4.30. The van der Waals surface area contributed by atoms with Gasteiger partial charge in [0.15, 0.2) is 11.6 Å². The van der Waals surface area contributed by atoms with Crippen LogP contribution in [0.5, 0.6) is 0 Å². The maximum absolute atomic E-state index is 11.8. The van der Waals surface area contributed by atoms with Crippen LogP contribution in [-0.2, 0) is 0 Å². The summed E-state index contributed by atoms with van der Waals surface area (Å²) in [5, 5.41) is 0. The molecular weight excluding hydrogens is 392 g/mol. The molecule has 0 fully saturated rings. The summed E-state index contributed by atoms with van der Waals surface area (Å²) in [5.41, 5.74) is 5.81. The molecule has 0 aliphatic heterocycles. The fourth-order valence-corrected chi connectivity index (χ4v) is 3.38. The van der Waals surface area contributed by atoms with Crippen LogP contribution in [0, 0.1) is 0 Å². The molecule has 0 spiro atoms. The number of carbonyl (C=O) groups is 2. The van der Waals surface area contributed by atoms with Crippen LogP contribution in [0.25, 0.3) is 23.3 Å². The molecule has 4 aromatic carbocycles. The molecule has 5 rings (SSSR count). The lowest BCUT2D eigenvalue weighted by Crippen LogP contribution is -1.93. The molecule has 1 aliphatic carbocycles. The maximum Gasteiger partial charge on any atom is 0.185 e. The van der Waals surface area contributed by atoms with E-state index in [9.17, 15) is 9.59 Å². The number of carbonyl (C=O) groups excluding carboxylic acids is 2. The molecule has 32 heavy (non-hydrogen) atoms. The number of allylic oxidation sites excluding steroid dienone is 2. The van der Waals surface area contributed by atoms with Crippen LogP contribution in [0.3, 0.4) is 0 Å². The third kappa shape index (κ3) is 5.44. The summed E-state index contributed by atoms with van der Waals surface area (Å²) >= 11 is 0. The number of fused-ring (bicyclic) bond motifs is 5. The van der Waals surface area contributed by atoms with E-state index in [2.05, 4.69) is 12.1 Å². The molecule has 154 valence electrons. The Balaban J connectivity index is 0.000000153. The number of hydrogen-bond donors (Lipinski definition) is 0. The van der Waals surface area contributed by atoms with E-state index in [4.69, 9.17) is 0 Å². The number of rotatable bonds is 3. The molecule has 1 aliphatic rings. The van der Waals surface area contributed by atoms with Crippen LogP contribution in [-0.4, -0.2) is 11.6 Å². The summed E-state index contributed by atoms with van der Waals surface area (Å²) in [6.07, 6.45) is 6.92. The first-order chi connectivity index (χ1) is 15.7. The van der Waals surface area contributed by atoms with Gasteiger partial charge in [-0.2, -0.15) is 0 Å². The van der Waals surface area contributed by atoms with Crippen molar-refractivity contribution in [1.29, 1.82) is 0 Å². The third-order valence-electron chi connectivity index (χ3n) is 5.08. The van der Waals surface area contributed by atoms with Crippen LogP contribution in [0.1, 0.15) is 31.8 Å². The number of hydrogen-bond acceptors (Lipinski definition) is 2. The van der Waals surface area contributed by atoms with Gasteiger partial charge in [0.2, 0.25) is 0 Å². The summed E-state index contributed by atoms with van der Waals surface area (Å²) in [6, 6.07) is 35.0. The van der Waals surface area contributed by atoms with E-state index in [1.54, 1.807) is 12.2 Å². The molecule has 0 N–H and O–H groups in total. The van der Waals surface area contributed by atoms with Crippen molar-refractivity contribution < 1.29 is 9.59 Å². The molecule has 0 atom stereocenters. The normalized spacial score (nSPS) is 12.7. The highest BCUT2D eigenvalue weighted by atomic mass is 16.1. The van der Waals surface area contributed by atoms with E-state index >= 15 is 0 Å². The third-order valence-corrected chi connectivity index (χ3v) is 5.08. The Bertz CT molecular complexity index is 1280. The van der Waals surface area contributed by atoms with Gasteiger partial charge in [-0.1, -0.05) is 109 Å². The van der Waals surface area contributed by atoms with E-state index in [-0.39, 0.29) is 11.6 Å². The van der Waals surface area contributed by atoms with Crippen LogP contribution in [0.2, 0.25) is 0 Å². The van der Waals surface area contributed by atoms with E-state index in [0.717, 1.165) is 33.4 Å². The van der Waals surface area contributed by atoms with E-state index in [1.165, 1.54) is 0 Å². The van der Waals surface area contributed by atoms with Crippen molar-refractivity contribution in [3.63, 3.8) is 0 Å². The zero-order valence-electron chi connectivity index (χ0n) is 17.5. The Kier molecular flexibility index (Phi) is 6.64. The lowest BCUT2D eigenvalue weighted by atomic mass is 10.0. The highest BCUT2D eigenvalue weighted by Gasteiger charge is 2.07. The molecule has 2 nitrogen and oxygen atoms in total. The molecule has 0 radical (unpaired) electrons. The first-order valence-electron chi connectivity index (χ1n) is 10.4. The minimum absolute atomic E-state index is 0.0319. The van der Waals surface area contributed by atoms with Gasteiger partial charge < -0.3 is 0 Å². The SMILES string of the molecule is O=C(/C=C/c1ccccc1)c1ccccc1.O=C1/C=C\c2cccc(c2)-c2cccc1c2. The van der Waals surface area contributed by atoms with Crippen LogP contribution in [0.15, 0.2) is 121 Å². The second kappa shape index (κ2) is 10.1. The standard InChI is InChI=1S/C15H10O.C15H12O/c16-15-8-7-11-3-1-4-12(9-11)13-5-2-6-14(15)10-13;16-15(14-9-5-2-6-10-14)12-11-13-7-3-1-4-8-13/h1-10H;1-12H/b8-7-;12-11+. The zero-order chi connectivity index (χ0) is 22.2. The monoisotopic (exact) mass is 414 g/mol. The largest absolute Gasteiger partial charge is 0.289 e. The first kappa shape index (κ1) is 21.0. The summed E-state index contributed by atoms with van der Waals surface area (Å²) in [7, 11) is 0. The molecule has 0 unspecified atom stereocenters. The Morgan fingerprint density at radius 1 is 0.594 bits per heavy atom. The van der Waals surface area contributed by atoms with Crippen molar-refractivity contribution in [2.24, 2.45) is 0 Å². The molecule has 0 saturated heterocycles. The predicted octanol–water partition coefficient (Wildman–Crippen LogP) is 7.15. The average Bonchev–Trinajstić information content (AvgIpc) is 2.89. The average molecular weight is 415 g/mol. The van der Waals surface area contributed by atoms with E-state index in [1.807, 2.05) is 109 Å². The molecule has 4 aromatic rings. The molecule has 0 heterocycles. The quantitative estimate of drug-likeness (QED) is 0.264. The van der Waals surface area contributed by atoms with Crippen molar-refractivity contribution in [3.8, 4) is 11.1 Å². The lowest BCUT2D eigenvalue weighted by molar-refractivity contribution is 0.104. The second-order valence-electron chi connectivity index (χ2n) is 7.38. The van der Waals surface area contributed by atoms with Gasteiger partial charge in [-0.05, 0) is 46.5 Å². The van der Waals surface area contributed by atoms with Gasteiger partial charge in [-0.25, -0.2) is 0 Å². The van der Waals surface area contributed by atoms with Gasteiger partial charge in [0, 0.05) is 11.1 Å². The van der Waals surface area contributed by atoms with Crippen molar-refractivity contribution in [1.82, 2.24) is 0 Å². The molecule has 0 aromatic heterocycles. The Morgan fingerprint density at radius 3 is 1.97 bits per heavy atom. The Morgan fingerprint density at radius 2 is 1.22 bits per heavy atom. The summed E-state index contributed by atoms with van der Waals surface area (Å²) < 4.78 is 0. The van der Waals surface area contributed by atoms with Gasteiger partial charge in [-0.3, -0.25) is 9.59 Å². The van der Waals surface area contributed by atoms with Crippen LogP contribution >= 0.6 is 0 Å². The minimum atomic E-state index is 0.0319. The summed E-state index contributed by atoms with van der Waals surface area (Å²) in [4.78, 5) is 23.5. The highest BCUT2D eigenvalue weighted by Crippen LogP contribution is 2.24. The van der Waals surface area contributed by atoms with Gasteiger partial charge in [-0.15, -0.1) is 0 Å². The second-order valence-corrected chi connectivity index (χ2v) is 7.38. The molecule has 0 saturated carbocycles. The topological polar surface area (TPSA) is 34.1 Å². The highest BCUT2D eigenvalue weighted by molar-refractivity contribution is 6.08. The van der Waals surface area contributed by atoms with E-state index in [0.29, 0.717) is 0 Å². The fraction of sp³-hybridized carbons (Fsp3) is 0.